The first-order valence-corrected chi connectivity index (χ1v) is 15.8. The van der Waals surface area contributed by atoms with E-state index in [4.69, 9.17) is 18.9 Å². The highest BCUT2D eigenvalue weighted by Gasteiger charge is 2.45. The highest BCUT2D eigenvalue weighted by molar-refractivity contribution is 5.82. The van der Waals surface area contributed by atoms with Gasteiger partial charge in [0, 0.05) is 18.9 Å². The number of hydrogen-bond acceptors (Lipinski definition) is 13. The molecule has 13 heteroatoms. The Morgan fingerprint density at radius 3 is 2.23 bits per heavy atom. The minimum atomic E-state index is -1.77. The molecule has 0 amide bonds. The molecule has 0 saturated carbocycles. The van der Waals surface area contributed by atoms with Crippen molar-refractivity contribution in [3.8, 4) is 0 Å². The van der Waals surface area contributed by atoms with Crippen molar-refractivity contribution in [2.75, 3.05) is 6.61 Å². The number of carbonyl (C=O) groups is 3. The number of allylic oxidation sites excluding steroid dienone is 7. The highest BCUT2D eigenvalue weighted by Crippen LogP contribution is 2.22. The number of carbonyl (C=O) groups excluding carboxylic acids is 3. The Kier molecular flexibility index (Phi) is 18.8. The molecule has 1 saturated heterocycles. The van der Waals surface area contributed by atoms with E-state index in [0.717, 1.165) is 12.8 Å². The van der Waals surface area contributed by atoms with Gasteiger partial charge in [-0.15, -0.1) is 0 Å². The molecule has 262 valence electrons. The SMILES string of the molecule is C[C@@H]1CCC/C=C/C=C/[C@H](O)C[C@@H](O)C/C=C\C=C\[C@@H](OC(=O)CCC(=O)O[C@H]2O[C@@H](CO)[C@H](O)[C@@H](O)[C@@H]2O)C/C=C/C=C\C(=O)O1. The van der Waals surface area contributed by atoms with E-state index in [1.165, 1.54) is 12.2 Å². The van der Waals surface area contributed by atoms with Crippen molar-refractivity contribution < 1.29 is 64.0 Å². The fraction of sp³-hybridized carbons (Fsp3) is 0.559. The standard InChI is InChI=1S/C34H48O13/c1-23-13-7-3-2-4-8-14-24(36)21-25(37)15-9-5-10-16-26(17-11-6-12-18-28(38)44-23)45-29(39)19-20-30(40)47-34-33(43)32(42)31(41)27(22-35)46-34/h2,4-6,8-12,14,16,18,23-27,31-37,41-43H,3,7,13,15,17,19-22H2,1H3/b4-2+,9-5-,11-6+,14-8+,16-10+,18-12-/t23-,24+,25+,26-,27+,31+,32-,33+,34-/m1/s1. The topological polar surface area (TPSA) is 210 Å². The van der Waals surface area contributed by atoms with Crippen molar-refractivity contribution in [1.82, 2.24) is 0 Å². The third-order valence-electron chi connectivity index (χ3n) is 7.13. The maximum atomic E-state index is 12.6. The summed E-state index contributed by atoms with van der Waals surface area (Å²) in [6.07, 6.45) is 11.2. The summed E-state index contributed by atoms with van der Waals surface area (Å²) >= 11 is 0. The van der Waals surface area contributed by atoms with Crippen LogP contribution < -0.4 is 0 Å². The summed E-state index contributed by atoms with van der Waals surface area (Å²) < 4.78 is 21.0. The summed E-state index contributed by atoms with van der Waals surface area (Å²) in [4.78, 5) is 37.0. The van der Waals surface area contributed by atoms with E-state index in [0.29, 0.717) is 6.42 Å². The summed E-state index contributed by atoms with van der Waals surface area (Å²) in [5.41, 5.74) is 0. The molecule has 0 aromatic carbocycles. The van der Waals surface area contributed by atoms with E-state index in [2.05, 4.69) is 0 Å². The molecular formula is C34H48O13. The van der Waals surface area contributed by atoms with E-state index in [9.17, 15) is 45.0 Å². The molecule has 2 aliphatic heterocycles. The first-order chi connectivity index (χ1) is 22.5. The van der Waals surface area contributed by atoms with Crippen LogP contribution >= 0.6 is 0 Å². The summed E-state index contributed by atoms with van der Waals surface area (Å²) in [7, 11) is 0. The van der Waals surface area contributed by atoms with Crippen molar-refractivity contribution in [3.63, 3.8) is 0 Å². The highest BCUT2D eigenvalue weighted by atomic mass is 16.7. The number of hydrogen-bond donors (Lipinski definition) is 6. The molecule has 0 spiro atoms. The minimum absolute atomic E-state index is 0.151. The Labute approximate surface area is 274 Å². The molecule has 0 unspecified atom stereocenters. The van der Waals surface area contributed by atoms with Crippen molar-refractivity contribution in [2.24, 2.45) is 0 Å². The normalized spacial score (nSPS) is 36.0. The Morgan fingerprint density at radius 2 is 1.49 bits per heavy atom. The number of ether oxygens (including phenoxy) is 4. The van der Waals surface area contributed by atoms with Crippen LogP contribution in [-0.4, -0.2) is 110 Å². The second-order valence-corrected chi connectivity index (χ2v) is 11.2. The van der Waals surface area contributed by atoms with Crippen LogP contribution in [0.2, 0.25) is 0 Å². The van der Waals surface area contributed by atoms with Gasteiger partial charge in [0.05, 0.1) is 37.8 Å². The lowest BCUT2D eigenvalue weighted by Crippen LogP contribution is -2.59. The summed E-state index contributed by atoms with van der Waals surface area (Å²) in [5, 5.41) is 59.4. The number of esters is 3. The Bertz CT molecular complexity index is 1140. The van der Waals surface area contributed by atoms with E-state index in [1.54, 1.807) is 48.6 Å². The van der Waals surface area contributed by atoms with Crippen LogP contribution in [0.5, 0.6) is 0 Å². The number of cyclic esters (lactones) is 1. The zero-order valence-electron chi connectivity index (χ0n) is 26.5. The molecule has 13 nitrogen and oxygen atoms in total. The lowest BCUT2D eigenvalue weighted by molar-refractivity contribution is -0.292. The molecule has 2 aliphatic rings. The summed E-state index contributed by atoms with van der Waals surface area (Å²) in [6, 6.07) is 0. The molecular weight excluding hydrogens is 616 g/mol. The van der Waals surface area contributed by atoms with Crippen LogP contribution in [0.3, 0.4) is 0 Å². The van der Waals surface area contributed by atoms with Crippen LogP contribution in [0.25, 0.3) is 0 Å². The average molecular weight is 665 g/mol. The van der Waals surface area contributed by atoms with Crippen molar-refractivity contribution in [2.45, 2.75) is 113 Å². The fourth-order valence-electron chi connectivity index (χ4n) is 4.52. The van der Waals surface area contributed by atoms with Gasteiger partial charge < -0.3 is 49.6 Å². The molecule has 6 N–H and O–H groups in total. The van der Waals surface area contributed by atoms with E-state index in [1.807, 2.05) is 19.1 Å². The number of aliphatic hydroxyl groups is 6. The van der Waals surface area contributed by atoms with E-state index < -0.39 is 80.0 Å². The second kappa shape index (κ2) is 22.2. The van der Waals surface area contributed by atoms with Gasteiger partial charge in [-0.3, -0.25) is 9.59 Å². The predicted molar refractivity (Wildman–Crippen MR) is 169 cm³/mol. The van der Waals surface area contributed by atoms with Crippen LogP contribution in [0.4, 0.5) is 0 Å². The lowest BCUT2D eigenvalue weighted by atomic mass is 9.99. The van der Waals surface area contributed by atoms with Crippen LogP contribution in [0.15, 0.2) is 72.9 Å². The molecule has 0 bridgehead atoms. The largest absolute Gasteiger partial charge is 0.460 e. The number of aliphatic hydroxyl groups excluding tert-OH is 6. The van der Waals surface area contributed by atoms with E-state index >= 15 is 0 Å². The Balaban J connectivity index is 2.00. The van der Waals surface area contributed by atoms with Gasteiger partial charge >= 0.3 is 17.9 Å². The number of rotatable bonds is 6. The van der Waals surface area contributed by atoms with Gasteiger partial charge in [-0.2, -0.15) is 0 Å². The molecule has 9 atom stereocenters. The van der Waals surface area contributed by atoms with Crippen molar-refractivity contribution >= 4 is 17.9 Å². The molecule has 0 aromatic heterocycles. The molecule has 0 aromatic rings. The smallest absolute Gasteiger partial charge is 0.331 e. The zero-order chi connectivity index (χ0) is 34.6. The van der Waals surface area contributed by atoms with Gasteiger partial charge in [-0.05, 0) is 38.7 Å². The second-order valence-electron chi connectivity index (χ2n) is 11.2. The molecule has 0 aliphatic carbocycles. The Morgan fingerprint density at radius 1 is 0.830 bits per heavy atom. The summed E-state index contributed by atoms with van der Waals surface area (Å²) in [5.74, 6) is -2.17. The zero-order valence-corrected chi connectivity index (χ0v) is 26.5. The quantitative estimate of drug-likeness (QED) is 0.175. The summed E-state index contributed by atoms with van der Waals surface area (Å²) in [6.45, 7) is 1.12. The van der Waals surface area contributed by atoms with Crippen LogP contribution in [-0.2, 0) is 33.3 Å². The molecule has 2 heterocycles. The van der Waals surface area contributed by atoms with Crippen LogP contribution in [0.1, 0.15) is 58.3 Å². The maximum absolute atomic E-state index is 12.6. The van der Waals surface area contributed by atoms with Gasteiger partial charge in [-0.1, -0.05) is 60.8 Å². The molecule has 47 heavy (non-hydrogen) atoms. The Hall–Kier alpha value is -3.43. The first kappa shape index (κ1) is 39.7. The van der Waals surface area contributed by atoms with Crippen molar-refractivity contribution in [3.05, 3.63) is 72.9 Å². The van der Waals surface area contributed by atoms with Gasteiger partial charge in [-0.25, -0.2) is 4.79 Å². The van der Waals surface area contributed by atoms with Crippen LogP contribution in [0, 0.1) is 0 Å². The predicted octanol–water partition coefficient (Wildman–Crippen LogP) is 1.37. The monoisotopic (exact) mass is 664 g/mol. The fourth-order valence-corrected chi connectivity index (χ4v) is 4.52. The third-order valence-corrected chi connectivity index (χ3v) is 7.13. The average Bonchev–Trinajstić information content (AvgIpc) is 3.02. The third kappa shape index (κ3) is 16.3. The lowest BCUT2D eigenvalue weighted by Gasteiger charge is -2.39. The molecule has 1 fully saturated rings. The van der Waals surface area contributed by atoms with Gasteiger partial charge in [0.25, 0.3) is 0 Å². The van der Waals surface area contributed by atoms with Gasteiger partial charge in [0.1, 0.15) is 30.5 Å². The minimum Gasteiger partial charge on any atom is -0.460 e. The van der Waals surface area contributed by atoms with Gasteiger partial charge in [0.15, 0.2) is 0 Å². The molecule has 2 rings (SSSR count). The van der Waals surface area contributed by atoms with Gasteiger partial charge in [0.2, 0.25) is 6.29 Å². The van der Waals surface area contributed by atoms with E-state index in [-0.39, 0.29) is 31.8 Å². The van der Waals surface area contributed by atoms with Crippen molar-refractivity contribution in [1.29, 1.82) is 0 Å². The first-order valence-electron chi connectivity index (χ1n) is 15.8. The maximum Gasteiger partial charge on any atom is 0.331 e. The molecule has 0 radical (unpaired) electrons.